The van der Waals surface area contributed by atoms with Crippen LogP contribution in [-0.2, 0) is 77.9 Å². The zero-order valence-electron chi connectivity index (χ0n) is 59.1. The van der Waals surface area contributed by atoms with Crippen molar-refractivity contribution in [3.05, 3.63) is 69.7 Å². The first-order valence-corrected chi connectivity index (χ1v) is 33.3. The van der Waals surface area contributed by atoms with Gasteiger partial charge in [-0.3, -0.25) is 52.7 Å². The number of likely N-dealkylation sites (N-methyl/N-ethyl adjacent to an activating group) is 6. The number of rotatable bonds is 13. The second-order valence-corrected chi connectivity index (χ2v) is 28.2. The SMILES string of the molecule is CC[C@H](C)[C@@H]1NC(=O)[C@H](CC(C)C)N(C)C(=O)C[C@@H](C)N(C)C(=O)[C@H](CC(C)C)NC(=O)C(C)(C)N(C)C(=O)[C@H](CC(C)C)NC(=O)[C@H](CCc2ccc(C(F)(F)F)c(Cl)c2)NC(=O)[C@@H](C)N(C)C(=O)[C@H](Cc2ccc(C(F)(F)F)cc2)N(C)C(=O)C2CCN2C(=O)CN(C)C1=O. The highest BCUT2D eigenvalue weighted by Gasteiger charge is 2.46. The van der Waals surface area contributed by atoms with Crippen molar-refractivity contribution in [3.8, 4) is 0 Å². The Bertz CT molecular complexity index is 3170. The molecule has 29 heteroatoms. The van der Waals surface area contributed by atoms with Gasteiger partial charge in [-0.1, -0.05) is 91.6 Å². The maximum atomic E-state index is 15.0. The Morgan fingerprint density at radius 3 is 1.63 bits per heavy atom. The van der Waals surface area contributed by atoms with Gasteiger partial charge in [-0.15, -0.1) is 0 Å². The first kappa shape index (κ1) is 81.9. The average molecular weight is 1400 g/mol. The van der Waals surface area contributed by atoms with Gasteiger partial charge in [0.15, 0.2) is 0 Å². The number of aryl methyl sites for hydroxylation is 1. The van der Waals surface area contributed by atoms with E-state index >= 15 is 4.79 Å². The number of nitrogens with zero attached hydrogens (tertiary/aromatic N) is 7. The monoisotopic (exact) mass is 1400 g/mol. The molecule has 2 fully saturated rings. The minimum Gasteiger partial charge on any atom is -0.343 e. The summed E-state index contributed by atoms with van der Waals surface area (Å²) in [5, 5.41) is 10.3. The highest BCUT2D eigenvalue weighted by molar-refractivity contribution is 6.31. The summed E-state index contributed by atoms with van der Waals surface area (Å²) >= 11 is 6.09. The van der Waals surface area contributed by atoms with Gasteiger partial charge in [-0.2, -0.15) is 26.3 Å². The summed E-state index contributed by atoms with van der Waals surface area (Å²) < 4.78 is 82.8. The number of amides is 11. The number of halogens is 7. The zero-order valence-corrected chi connectivity index (χ0v) is 59.8. The van der Waals surface area contributed by atoms with E-state index in [-0.39, 0.29) is 80.4 Å². The molecule has 2 aromatic carbocycles. The Kier molecular flexibility index (Phi) is 29.0. The third-order valence-electron chi connectivity index (χ3n) is 18.7. The Hall–Kier alpha value is -7.52. The molecule has 2 aromatic rings. The second-order valence-electron chi connectivity index (χ2n) is 27.8. The quantitative estimate of drug-likeness (QED) is 0.153. The van der Waals surface area contributed by atoms with Crippen LogP contribution in [0.3, 0.4) is 0 Å². The lowest BCUT2D eigenvalue weighted by Gasteiger charge is -2.44. The molecule has 0 bridgehead atoms. The van der Waals surface area contributed by atoms with E-state index in [4.69, 9.17) is 11.6 Å². The number of hydrogen-bond acceptors (Lipinski definition) is 11. The summed E-state index contributed by atoms with van der Waals surface area (Å²) in [4.78, 5) is 169. The van der Waals surface area contributed by atoms with Crippen LogP contribution in [0.1, 0.15) is 150 Å². The van der Waals surface area contributed by atoms with Gasteiger partial charge in [-0.05, 0) is 125 Å². The van der Waals surface area contributed by atoms with Crippen LogP contribution in [-0.4, -0.2) is 215 Å². The number of benzene rings is 2. The van der Waals surface area contributed by atoms with Gasteiger partial charge in [0.1, 0.15) is 53.9 Å². The van der Waals surface area contributed by atoms with Crippen LogP contribution in [0.2, 0.25) is 5.02 Å². The van der Waals surface area contributed by atoms with Crippen LogP contribution in [0.25, 0.3) is 0 Å². The molecule has 2 aliphatic heterocycles. The molecule has 0 aromatic heterocycles. The molecule has 0 aliphatic carbocycles. The standard InChI is InChI=1S/C68H100ClF6N11O11/c1-19-40(8)56-64(96)80(13)36-55(88)86-29-28-51(86)62(94)84(17)53(35-44-20-24-45(25-21-44)67(70,71)72)63(95)82(15)42(10)57(89)76-48(27-23-43-22-26-46(47(69)34-43)68(73,74)75)58(90)77-50(31-38(4)5)61(93)85(18)66(11,12)65(97)78-49(30-37(2)3)60(92)81(14)41(9)33-54(87)83(16)52(32-39(6)7)59(91)79-56/h20-22,24-26,34,37-42,48-53,56H,19,23,27-33,35-36H2,1-18H3,(H,76,89)(H,77,90)(H,78,97)(H,79,91)/t40-,41+,42+,48-,49-,50-,51?,52-,53-,56-/m0/s1. The normalized spacial score (nSPS) is 25.1. The smallest absolute Gasteiger partial charge is 0.343 e. The molecule has 2 heterocycles. The van der Waals surface area contributed by atoms with Crippen molar-refractivity contribution in [2.75, 3.05) is 55.4 Å². The van der Waals surface area contributed by atoms with Crippen LogP contribution in [0.15, 0.2) is 42.5 Å². The Morgan fingerprint density at radius 1 is 0.577 bits per heavy atom. The minimum atomic E-state index is -4.81. The molecule has 10 atom stereocenters. The Morgan fingerprint density at radius 2 is 1.12 bits per heavy atom. The molecule has 1 unspecified atom stereocenters. The topological polar surface area (TPSA) is 259 Å². The number of carbonyl (C=O) groups is 11. The van der Waals surface area contributed by atoms with E-state index in [1.54, 1.807) is 34.6 Å². The van der Waals surface area contributed by atoms with Crippen molar-refractivity contribution >= 4 is 76.6 Å². The maximum Gasteiger partial charge on any atom is 0.417 e. The molecule has 4 rings (SSSR count). The van der Waals surface area contributed by atoms with E-state index < -0.39 is 172 Å². The molecule has 11 amide bonds. The summed E-state index contributed by atoms with van der Waals surface area (Å²) in [6, 6.07) is -4.98. The highest BCUT2D eigenvalue weighted by Crippen LogP contribution is 2.36. The lowest BCUT2D eigenvalue weighted by atomic mass is 9.95. The number of carbonyl (C=O) groups excluding carboxylic acids is 11. The Labute approximate surface area is 571 Å². The summed E-state index contributed by atoms with van der Waals surface area (Å²) in [6.07, 6.45) is -10.1. The molecule has 0 radical (unpaired) electrons. The van der Waals surface area contributed by atoms with Crippen molar-refractivity contribution in [1.29, 1.82) is 0 Å². The Balaban J connectivity index is 1.90. The first-order chi connectivity index (χ1) is 44.8. The number of hydrogen-bond donors (Lipinski definition) is 4. The van der Waals surface area contributed by atoms with E-state index in [1.165, 1.54) is 77.8 Å². The van der Waals surface area contributed by atoms with Gasteiger partial charge in [0.25, 0.3) is 0 Å². The number of fused-ring (bicyclic) bond motifs is 1. The van der Waals surface area contributed by atoms with Gasteiger partial charge >= 0.3 is 12.4 Å². The molecular formula is C68H100ClF6N11O11. The second kappa shape index (κ2) is 34.3. The predicted molar refractivity (Wildman–Crippen MR) is 352 cm³/mol. The molecule has 2 aliphatic rings. The summed E-state index contributed by atoms with van der Waals surface area (Å²) in [5.74, 6) is -9.56. The van der Waals surface area contributed by atoms with Crippen molar-refractivity contribution in [2.45, 2.75) is 213 Å². The fraction of sp³-hybridized carbons (Fsp3) is 0.662. The van der Waals surface area contributed by atoms with E-state index in [0.29, 0.717) is 6.42 Å². The fourth-order valence-electron chi connectivity index (χ4n) is 11.4. The molecule has 542 valence electrons. The third-order valence-corrected chi connectivity index (χ3v) is 19.0. The minimum absolute atomic E-state index is 0.0296. The zero-order chi connectivity index (χ0) is 73.8. The average Bonchev–Trinajstić information content (AvgIpc) is 0.798. The summed E-state index contributed by atoms with van der Waals surface area (Å²) in [6.45, 7) is 19.6. The van der Waals surface area contributed by atoms with Gasteiger partial charge in [-0.25, -0.2) is 0 Å². The molecule has 0 saturated carbocycles. The van der Waals surface area contributed by atoms with Gasteiger partial charge in [0.05, 0.1) is 22.7 Å². The van der Waals surface area contributed by atoms with Crippen molar-refractivity contribution in [1.82, 2.24) is 55.6 Å². The number of alkyl halides is 6. The maximum absolute atomic E-state index is 15.0. The van der Waals surface area contributed by atoms with Crippen LogP contribution in [0.5, 0.6) is 0 Å². The molecule has 22 nitrogen and oxygen atoms in total. The van der Waals surface area contributed by atoms with Crippen molar-refractivity contribution in [3.63, 3.8) is 0 Å². The van der Waals surface area contributed by atoms with E-state index in [0.717, 1.165) is 62.1 Å². The molecule has 4 N–H and O–H groups in total. The van der Waals surface area contributed by atoms with Crippen LogP contribution < -0.4 is 21.3 Å². The predicted octanol–water partition coefficient (Wildman–Crippen LogP) is 6.72. The molecular weight excluding hydrogens is 1300 g/mol. The van der Waals surface area contributed by atoms with E-state index in [2.05, 4.69) is 21.3 Å². The molecule has 2 saturated heterocycles. The lowest BCUT2D eigenvalue weighted by molar-refractivity contribution is -0.158. The van der Waals surface area contributed by atoms with Crippen LogP contribution in [0, 0.1) is 23.7 Å². The lowest BCUT2D eigenvalue weighted by Crippen LogP contribution is -2.64. The van der Waals surface area contributed by atoms with Gasteiger partial charge in [0.2, 0.25) is 65.0 Å². The van der Waals surface area contributed by atoms with E-state index in [1.807, 2.05) is 27.7 Å². The van der Waals surface area contributed by atoms with Crippen molar-refractivity contribution in [2.24, 2.45) is 23.7 Å². The largest absolute Gasteiger partial charge is 0.417 e. The number of nitrogens with one attached hydrogen (secondary N) is 4. The molecule has 0 spiro atoms. The summed E-state index contributed by atoms with van der Waals surface area (Å²) in [7, 11) is 8.01. The van der Waals surface area contributed by atoms with E-state index in [9.17, 15) is 74.3 Å². The molecule has 97 heavy (non-hydrogen) atoms. The fourth-order valence-corrected chi connectivity index (χ4v) is 11.8. The van der Waals surface area contributed by atoms with Crippen LogP contribution in [0.4, 0.5) is 26.3 Å². The van der Waals surface area contributed by atoms with Crippen LogP contribution >= 0.6 is 11.6 Å². The van der Waals surface area contributed by atoms with Gasteiger partial charge in [0, 0.05) is 67.7 Å². The summed E-state index contributed by atoms with van der Waals surface area (Å²) in [5.41, 5.74) is -3.54. The first-order valence-electron chi connectivity index (χ1n) is 32.9. The van der Waals surface area contributed by atoms with Gasteiger partial charge < -0.3 is 55.6 Å². The van der Waals surface area contributed by atoms with Crippen molar-refractivity contribution < 1.29 is 79.1 Å². The highest BCUT2D eigenvalue weighted by atomic mass is 35.5. The third kappa shape index (κ3) is 21.5.